The van der Waals surface area contributed by atoms with Crippen LogP contribution in [0, 0.1) is 13.8 Å². The van der Waals surface area contributed by atoms with Gasteiger partial charge in [0.1, 0.15) is 0 Å². The molecule has 0 saturated carbocycles. The minimum atomic E-state index is -2.88. The van der Waals surface area contributed by atoms with Crippen LogP contribution in [0.25, 0.3) is 0 Å². The highest BCUT2D eigenvalue weighted by Gasteiger charge is 2.36. The second-order valence-electron chi connectivity index (χ2n) is 4.33. The predicted molar refractivity (Wildman–Crippen MR) is 59.7 cm³/mol. The van der Waals surface area contributed by atoms with Crippen LogP contribution in [-0.4, -0.2) is 16.3 Å². The summed E-state index contributed by atoms with van der Waals surface area (Å²) in [4.78, 5) is 0. The number of nitrogens with two attached hydrogens (primary N) is 1. The van der Waals surface area contributed by atoms with Crippen molar-refractivity contribution < 1.29 is 8.78 Å². The molecule has 1 aromatic rings. The number of aromatic nitrogens is 2. The van der Waals surface area contributed by atoms with Gasteiger partial charge in [0.2, 0.25) is 0 Å². The van der Waals surface area contributed by atoms with Gasteiger partial charge in [-0.25, -0.2) is 8.78 Å². The maximum Gasteiger partial charge on any atom is 0.278 e. The summed E-state index contributed by atoms with van der Waals surface area (Å²) >= 11 is 0. The fourth-order valence-corrected chi connectivity index (χ4v) is 2.00. The zero-order valence-corrected chi connectivity index (χ0v) is 10.2. The van der Waals surface area contributed by atoms with E-state index in [0.29, 0.717) is 11.4 Å². The Labute approximate surface area is 94.6 Å². The highest BCUT2D eigenvalue weighted by Crippen LogP contribution is 2.36. The molecule has 92 valence electrons. The molecule has 1 heterocycles. The summed E-state index contributed by atoms with van der Waals surface area (Å²) in [7, 11) is 0. The Kier molecular flexibility index (Phi) is 3.68. The normalized spacial score (nSPS) is 12.5. The molecule has 1 rings (SSSR count). The van der Waals surface area contributed by atoms with E-state index in [2.05, 4.69) is 5.10 Å². The lowest BCUT2D eigenvalue weighted by Gasteiger charge is -2.16. The van der Waals surface area contributed by atoms with Gasteiger partial charge in [-0.2, -0.15) is 5.10 Å². The second kappa shape index (κ2) is 4.49. The third-order valence-corrected chi connectivity index (χ3v) is 2.64. The fraction of sp³-hybridized carbons (Fsp3) is 0.727. The number of hydrogen-bond acceptors (Lipinski definition) is 2. The zero-order valence-electron chi connectivity index (χ0n) is 10.2. The number of halogens is 2. The molecule has 0 spiro atoms. The molecule has 1 aromatic heterocycles. The van der Waals surface area contributed by atoms with E-state index in [-0.39, 0.29) is 24.6 Å². The van der Waals surface area contributed by atoms with E-state index in [9.17, 15) is 8.78 Å². The van der Waals surface area contributed by atoms with Crippen molar-refractivity contribution in [1.82, 2.24) is 9.78 Å². The van der Waals surface area contributed by atoms with Gasteiger partial charge in [0.05, 0.1) is 11.3 Å². The van der Waals surface area contributed by atoms with Crippen molar-refractivity contribution in [2.75, 3.05) is 6.54 Å². The minimum Gasteiger partial charge on any atom is -0.330 e. The molecular weight excluding hydrogens is 212 g/mol. The van der Waals surface area contributed by atoms with Gasteiger partial charge in [0, 0.05) is 18.2 Å². The standard InChI is InChI=1S/C11H19F2N3/c1-7(2)16-9(4)10(8(3)15-16)11(12,13)5-6-14/h7H,5-6,14H2,1-4H3. The van der Waals surface area contributed by atoms with E-state index in [1.54, 1.807) is 18.5 Å². The molecule has 0 fully saturated rings. The third-order valence-electron chi connectivity index (χ3n) is 2.64. The smallest absolute Gasteiger partial charge is 0.278 e. The number of aryl methyl sites for hydroxylation is 1. The monoisotopic (exact) mass is 231 g/mol. The maximum atomic E-state index is 13.8. The van der Waals surface area contributed by atoms with Crippen LogP contribution in [0.15, 0.2) is 0 Å². The molecule has 0 aliphatic carbocycles. The summed E-state index contributed by atoms with van der Waals surface area (Å²) in [5.74, 6) is -2.88. The van der Waals surface area contributed by atoms with Crippen LogP contribution in [0.2, 0.25) is 0 Å². The Bertz CT molecular complexity index is 370. The Morgan fingerprint density at radius 1 is 1.38 bits per heavy atom. The summed E-state index contributed by atoms with van der Waals surface area (Å²) in [6.45, 7) is 7.11. The first-order valence-corrected chi connectivity index (χ1v) is 5.45. The lowest BCUT2D eigenvalue weighted by atomic mass is 10.0. The molecule has 0 aliphatic rings. The van der Waals surface area contributed by atoms with E-state index in [0.717, 1.165) is 0 Å². The van der Waals surface area contributed by atoms with Crippen molar-refractivity contribution in [3.8, 4) is 0 Å². The molecule has 16 heavy (non-hydrogen) atoms. The average Bonchev–Trinajstić information content (AvgIpc) is 2.41. The molecule has 0 radical (unpaired) electrons. The van der Waals surface area contributed by atoms with E-state index in [1.807, 2.05) is 13.8 Å². The number of rotatable bonds is 4. The maximum absolute atomic E-state index is 13.8. The van der Waals surface area contributed by atoms with E-state index >= 15 is 0 Å². The molecule has 0 unspecified atom stereocenters. The van der Waals surface area contributed by atoms with Crippen molar-refractivity contribution >= 4 is 0 Å². The first-order chi connectivity index (χ1) is 7.31. The summed E-state index contributed by atoms with van der Waals surface area (Å²) in [6.07, 6.45) is -0.335. The Morgan fingerprint density at radius 3 is 2.31 bits per heavy atom. The summed E-state index contributed by atoms with van der Waals surface area (Å²) in [6, 6.07) is 0.0844. The van der Waals surface area contributed by atoms with Gasteiger partial charge >= 0.3 is 0 Å². The van der Waals surface area contributed by atoms with Crippen LogP contribution in [0.5, 0.6) is 0 Å². The fourth-order valence-electron chi connectivity index (χ4n) is 2.00. The first kappa shape index (κ1) is 13.1. The van der Waals surface area contributed by atoms with Gasteiger partial charge in [0.15, 0.2) is 0 Å². The predicted octanol–water partition coefficient (Wildman–Crippen LogP) is 2.52. The molecule has 3 nitrogen and oxygen atoms in total. The minimum absolute atomic E-state index is 0.0290. The van der Waals surface area contributed by atoms with Gasteiger partial charge in [-0.3, -0.25) is 4.68 Å². The quantitative estimate of drug-likeness (QED) is 0.865. The van der Waals surface area contributed by atoms with Crippen LogP contribution < -0.4 is 5.73 Å². The molecule has 2 N–H and O–H groups in total. The van der Waals surface area contributed by atoms with Crippen LogP contribution in [0.3, 0.4) is 0 Å². The SMILES string of the molecule is Cc1nn(C(C)C)c(C)c1C(F)(F)CCN. The topological polar surface area (TPSA) is 43.8 Å². The Balaban J connectivity index is 3.24. The van der Waals surface area contributed by atoms with Crippen molar-refractivity contribution in [3.05, 3.63) is 17.0 Å². The first-order valence-electron chi connectivity index (χ1n) is 5.45. The summed E-state index contributed by atoms with van der Waals surface area (Å²) in [5.41, 5.74) is 6.17. The van der Waals surface area contributed by atoms with E-state index in [1.165, 1.54) is 0 Å². The Hall–Kier alpha value is -0.970. The average molecular weight is 231 g/mol. The van der Waals surface area contributed by atoms with E-state index < -0.39 is 5.92 Å². The molecule has 0 aromatic carbocycles. The van der Waals surface area contributed by atoms with Gasteiger partial charge in [-0.15, -0.1) is 0 Å². The number of alkyl halides is 2. The molecule has 0 saturated heterocycles. The van der Waals surface area contributed by atoms with Crippen molar-refractivity contribution in [3.63, 3.8) is 0 Å². The van der Waals surface area contributed by atoms with Gasteiger partial charge in [-0.1, -0.05) is 0 Å². The second-order valence-corrected chi connectivity index (χ2v) is 4.33. The number of nitrogens with zero attached hydrogens (tertiary/aromatic N) is 2. The van der Waals surface area contributed by atoms with Gasteiger partial charge in [0.25, 0.3) is 5.92 Å². The summed E-state index contributed by atoms with van der Waals surface area (Å²) < 4.78 is 29.3. The Morgan fingerprint density at radius 2 is 1.94 bits per heavy atom. The van der Waals surface area contributed by atoms with Crippen molar-refractivity contribution in [1.29, 1.82) is 0 Å². The third kappa shape index (κ3) is 2.24. The highest BCUT2D eigenvalue weighted by atomic mass is 19.3. The van der Waals surface area contributed by atoms with Gasteiger partial charge in [-0.05, 0) is 34.2 Å². The lowest BCUT2D eigenvalue weighted by Crippen LogP contribution is -2.20. The molecule has 0 atom stereocenters. The van der Waals surface area contributed by atoms with Crippen LogP contribution >= 0.6 is 0 Å². The lowest BCUT2D eigenvalue weighted by molar-refractivity contribution is -0.0120. The van der Waals surface area contributed by atoms with Crippen LogP contribution in [0.4, 0.5) is 8.78 Å². The molecular formula is C11H19F2N3. The van der Waals surface area contributed by atoms with Crippen LogP contribution in [0.1, 0.15) is 43.3 Å². The van der Waals surface area contributed by atoms with E-state index in [4.69, 9.17) is 5.73 Å². The summed E-state index contributed by atoms with van der Waals surface area (Å²) in [5, 5.41) is 4.15. The van der Waals surface area contributed by atoms with Crippen molar-refractivity contribution in [2.45, 2.75) is 46.1 Å². The largest absolute Gasteiger partial charge is 0.330 e. The molecule has 0 aliphatic heterocycles. The highest BCUT2D eigenvalue weighted by molar-refractivity contribution is 5.29. The molecule has 5 heteroatoms. The van der Waals surface area contributed by atoms with Crippen LogP contribution in [-0.2, 0) is 5.92 Å². The van der Waals surface area contributed by atoms with Crippen molar-refractivity contribution in [2.24, 2.45) is 5.73 Å². The molecule has 0 bridgehead atoms. The zero-order chi connectivity index (χ0) is 12.5. The van der Waals surface area contributed by atoms with Gasteiger partial charge < -0.3 is 5.73 Å². The molecule has 0 amide bonds. The number of hydrogen-bond donors (Lipinski definition) is 1.